The monoisotopic (exact) mass is 484 g/mol. The summed E-state index contributed by atoms with van der Waals surface area (Å²) in [4.78, 5) is 25.6. The Labute approximate surface area is 187 Å². The zero-order chi connectivity index (χ0) is 20.8. The van der Waals surface area contributed by atoms with Crippen LogP contribution in [0.25, 0.3) is 0 Å². The van der Waals surface area contributed by atoms with Gasteiger partial charge in [-0.05, 0) is 54.2 Å². The molecule has 1 saturated heterocycles. The van der Waals surface area contributed by atoms with E-state index in [1.807, 2.05) is 42.5 Å². The molecule has 1 heterocycles. The third kappa shape index (κ3) is 3.38. The van der Waals surface area contributed by atoms with Crippen LogP contribution in [0.3, 0.4) is 0 Å². The van der Waals surface area contributed by atoms with Crippen LogP contribution in [0, 0.1) is 23.7 Å². The van der Waals surface area contributed by atoms with Gasteiger partial charge in [-0.15, -0.1) is 0 Å². The fourth-order valence-corrected chi connectivity index (χ4v) is 5.12. The molecule has 0 unspecified atom stereocenters. The first-order chi connectivity index (χ1) is 14.5. The van der Waals surface area contributed by atoms with Crippen LogP contribution in [0.15, 0.2) is 64.2 Å². The van der Waals surface area contributed by atoms with E-state index in [1.165, 1.54) is 6.21 Å². The van der Waals surface area contributed by atoms with E-state index in [0.717, 1.165) is 21.5 Å². The van der Waals surface area contributed by atoms with Crippen molar-refractivity contribution < 1.29 is 14.3 Å². The zero-order valence-electron chi connectivity index (χ0n) is 15.9. The SMILES string of the molecule is O=C1[C@@H]2[C@H](C(=O)N1N=Cc1cc(Br)ccc1OCc1ccc(Cl)cc1)[C@H]1C=C[C@H]2C1. The van der Waals surface area contributed by atoms with E-state index < -0.39 is 0 Å². The highest BCUT2D eigenvalue weighted by Gasteiger charge is 2.59. The van der Waals surface area contributed by atoms with Gasteiger partial charge in [-0.2, -0.15) is 10.1 Å². The molecule has 2 fully saturated rings. The highest BCUT2D eigenvalue weighted by Crippen LogP contribution is 2.52. The normalized spacial score (nSPS) is 26.8. The van der Waals surface area contributed by atoms with E-state index in [4.69, 9.17) is 16.3 Å². The summed E-state index contributed by atoms with van der Waals surface area (Å²) >= 11 is 9.38. The number of amides is 2. The number of halogens is 2. The maximum absolute atomic E-state index is 12.8. The molecule has 152 valence electrons. The maximum atomic E-state index is 12.8. The molecule has 2 amide bonds. The number of imide groups is 1. The van der Waals surface area contributed by atoms with E-state index in [9.17, 15) is 9.59 Å². The Kier molecular flexibility index (Phi) is 4.99. The lowest BCUT2D eigenvalue weighted by Gasteiger charge is -2.13. The van der Waals surface area contributed by atoms with Gasteiger partial charge in [0, 0.05) is 15.1 Å². The molecule has 0 N–H and O–H groups in total. The second-order valence-electron chi connectivity index (χ2n) is 7.83. The number of fused-ring (bicyclic) bond motifs is 5. The minimum Gasteiger partial charge on any atom is -0.488 e. The van der Waals surface area contributed by atoms with E-state index in [2.05, 4.69) is 33.2 Å². The number of hydrogen-bond acceptors (Lipinski definition) is 4. The Morgan fingerprint density at radius 3 is 2.40 bits per heavy atom. The summed E-state index contributed by atoms with van der Waals surface area (Å²) in [5.74, 6) is 0.0357. The molecule has 30 heavy (non-hydrogen) atoms. The van der Waals surface area contributed by atoms with Crippen LogP contribution in [0.2, 0.25) is 5.02 Å². The average molecular weight is 486 g/mol. The van der Waals surface area contributed by atoms with Crippen LogP contribution in [0.4, 0.5) is 0 Å². The fraction of sp³-hybridized carbons (Fsp3) is 0.261. The smallest absolute Gasteiger partial charge is 0.254 e. The zero-order valence-corrected chi connectivity index (χ0v) is 18.2. The summed E-state index contributed by atoms with van der Waals surface area (Å²) in [6.45, 7) is 0.362. The summed E-state index contributed by atoms with van der Waals surface area (Å²) in [6.07, 6.45) is 6.56. The molecule has 7 heteroatoms. The highest BCUT2D eigenvalue weighted by atomic mass is 79.9. The van der Waals surface area contributed by atoms with Crippen molar-refractivity contribution in [2.45, 2.75) is 13.0 Å². The predicted octanol–water partition coefficient (Wildman–Crippen LogP) is 4.82. The van der Waals surface area contributed by atoms with Gasteiger partial charge in [0.15, 0.2) is 0 Å². The lowest BCUT2D eigenvalue weighted by Crippen LogP contribution is -2.28. The van der Waals surface area contributed by atoms with Gasteiger partial charge in [0.1, 0.15) is 12.4 Å². The highest BCUT2D eigenvalue weighted by molar-refractivity contribution is 9.10. The first kappa shape index (κ1) is 19.5. The van der Waals surface area contributed by atoms with Crippen molar-refractivity contribution in [3.05, 3.63) is 75.2 Å². The third-order valence-corrected chi connectivity index (χ3v) is 6.78. The van der Waals surface area contributed by atoms with Crippen molar-refractivity contribution in [3.63, 3.8) is 0 Å². The van der Waals surface area contributed by atoms with Crippen LogP contribution in [0.1, 0.15) is 17.5 Å². The average Bonchev–Trinajstić information content (AvgIpc) is 3.41. The molecule has 5 rings (SSSR count). The van der Waals surface area contributed by atoms with Crippen molar-refractivity contribution in [1.29, 1.82) is 0 Å². The minimum atomic E-state index is -0.257. The molecule has 4 atom stereocenters. The number of carbonyl (C=O) groups is 2. The van der Waals surface area contributed by atoms with Crippen molar-refractivity contribution in [2.75, 3.05) is 0 Å². The predicted molar refractivity (Wildman–Crippen MR) is 117 cm³/mol. The molecule has 2 aromatic carbocycles. The maximum Gasteiger partial charge on any atom is 0.254 e. The molecule has 0 spiro atoms. The van der Waals surface area contributed by atoms with Crippen molar-refractivity contribution in [1.82, 2.24) is 5.01 Å². The van der Waals surface area contributed by atoms with E-state index >= 15 is 0 Å². The lowest BCUT2D eigenvalue weighted by molar-refractivity contribution is -0.140. The molecule has 5 nitrogen and oxygen atoms in total. The molecular formula is C23H18BrClN2O3. The molecule has 1 aliphatic heterocycles. The van der Waals surface area contributed by atoms with E-state index in [0.29, 0.717) is 22.9 Å². The van der Waals surface area contributed by atoms with Gasteiger partial charge in [-0.1, -0.05) is 51.8 Å². The Morgan fingerprint density at radius 2 is 1.73 bits per heavy atom. The standard InChI is InChI=1S/C23H18BrClN2O3/c24-17-5-8-19(30-12-13-1-6-18(25)7-2-13)16(10-17)11-26-27-22(28)20-14-3-4-15(9-14)21(20)23(27)29/h1-8,10-11,14-15,20-21H,9,12H2/t14-,15-,20-,21+/m0/s1. The molecule has 0 radical (unpaired) electrons. The Hall–Kier alpha value is -2.44. The van der Waals surface area contributed by atoms with Crippen LogP contribution >= 0.6 is 27.5 Å². The first-order valence-electron chi connectivity index (χ1n) is 9.78. The number of ether oxygens (including phenoxy) is 1. The van der Waals surface area contributed by atoms with Gasteiger partial charge < -0.3 is 4.74 Å². The second-order valence-corrected chi connectivity index (χ2v) is 9.18. The number of nitrogens with zero attached hydrogens (tertiary/aromatic N) is 2. The molecule has 2 aromatic rings. The number of benzene rings is 2. The molecule has 1 saturated carbocycles. The number of hydrogen-bond donors (Lipinski definition) is 0. The van der Waals surface area contributed by atoms with Crippen LogP contribution in [-0.2, 0) is 16.2 Å². The van der Waals surface area contributed by atoms with Crippen molar-refractivity contribution >= 4 is 45.6 Å². The largest absolute Gasteiger partial charge is 0.488 e. The Morgan fingerprint density at radius 1 is 1.07 bits per heavy atom. The van der Waals surface area contributed by atoms with Gasteiger partial charge in [-0.25, -0.2) is 0 Å². The summed E-state index contributed by atoms with van der Waals surface area (Å²) in [5.41, 5.74) is 1.66. The molecular weight excluding hydrogens is 468 g/mol. The summed E-state index contributed by atoms with van der Waals surface area (Å²) < 4.78 is 6.80. The van der Waals surface area contributed by atoms with Crippen molar-refractivity contribution in [3.8, 4) is 5.75 Å². The van der Waals surface area contributed by atoms with Crippen LogP contribution < -0.4 is 4.74 Å². The summed E-state index contributed by atoms with van der Waals surface area (Å²) in [5, 5.41) is 5.98. The van der Waals surface area contributed by atoms with Gasteiger partial charge in [0.05, 0.1) is 18.1 Å². The first-order valence-corrected chi connectivity index (χ1v) is 11.0. The second kappa shape index (κ2) is 7.67. The summed E-state index contributed by atoms with van der Waals surface area (Å²) in [6, 6.07) is 13.0. The number of rotatable bonds is 5. The lowest BCUT2D eigenvalue weighted by atomic mass is 9.85. The van der Waals surface area contributed by atoms with E-state index in [1.54, 1.807) is 0 Å². The van der Waals surface area contributed by atoms with Crippen LogP contribution in [-0.4, -0.2) is 23.0 Å². The fourth-order valence-electron chi connectivity index (χ4n) is 4.61. The molecule has 2 aliphatic carbocycles. The number of allylic oxidation sites excluding steroid dienone is 2. The van der Waals surface area contributed by atoms with Gasteiger partial charge in [-0.3, -0.25) is 9.59 Å². The topological polar surface area (TPSA) is 59.0 Å². The third-order valence-electron chi connectivity index (χ3n) is 6.04. The molecule has 3 aliphatic rings. The van der Waals surface area contributed by atoms with E-state index in [-0.39, 0.29) is 35.5 Å². The quantitative estimate of drug-likeness (QED) is 0.346. The van der Waals surface area contributed by atoms with Crippen LogP contribution in [0.5, 0.6) is 5.75 Å². The number of hydrazone groups is 1. The molecule has 0 aromatic heterocycles. The number of carbonyl (C=O) groups excluding carboxylic acids is 2. The Balaban J connectivity index is 1.35. The minimum absolute atomic E-state index is 0.167. The Bertz CT molecular complexity index is 1050. The van der Waals surface area contributed by atoms with Gasteiger partial charge >= 0.3 is 0 Å². The summed E-state index contributed by atoms with van der Waals surface area (Å²) in [7, 11) is 0. The van der Waals surface area contributed by atoms with Gasteiger partial charge in [0.25, 0.3) is 11.8 Å². The van der Waals surface area contributed by atoms with Gasteiger partial charge in [0.2, 0.25) is 0 Å². The van der Waals surface area contributed by atoms with Crippen molar-refractivity contribution in [2.24, 2.45) is 28.8 Å². The molecule has 2 bridgehead atoms.